The zero-order valence-electron chi connectivity index (χ0n) is 25.9. The fraction of sp³-hybridized carbons (Fsp3) is 0.471. The lowest BCUT2D eigenvalue weighted by Gasteiger charge is -2.52. The van der Waals surface area contributed by atoms with Gasteiger partial charge in [0.2, 0.25) is 5.95 Å². The summed E-state index contributed by atoms with van der Waals surface area (Å²) in [5.41, 5.74) is 6.26. The third-order valence-corrected chi connectivity index (χ3v) is 10.4. The summed E-state index contributed by atoms with van der Waals surface area (Å²) >= 11 is 0. The number of hydrogen-bond donors (Lipinski definition) is 2. The number of aromatic nitrogens is 5. The van der Waals surface area contributed by atoms with Gasteiger partial charge in [-0.15, -0.1) is 6.58 Å². The molecule has 9 heteroatoms. The molecule has 4 aromatic rings. The molecule has 1 aromatic carbocycles. The molecule has 2 aliphatic carbocycles. The summed E-state index contributed by atoms with van der Waals surface area (Å²) in [6, 6.07) is 8.42. The predicted molar refractivity (Wildman–Crippen MR) is 169 cm³/mol. The largest absolute Gasteiger partial charge is 0.384 e. The van der Waals surface area contributed by atoms with Crippen LogP contribution in [0.4, 0.5) is 11.6 Å². The van der Waals surface area contributed by atoms with E-state index in [-0.39, 0.29) is 23.1 Å². The average Bonchev–Trinajstić information content (AvgIpc) is 3.45. The number of nitrogens with one attached hydrogen (secondary N) is 1. The monoisotopic (exact) mass is 579 g/mol. The molecule has 3 aromatic heterocycles. The van der Waals surface area contributed by atoms with Gasteiger partial charge in [-0.3, -0.25) is 9.69 Å². The number of nitrogens with zero attached hydrogens (tertiary/aromatic N) is 6. The molecule has 0 amide bonds. The molecule has 7 rings (SSSR count). The lowest BCUT2D eigenvalue weighted by atomic mass is 9.63. The van der Waals surface area contributed by atoms with E-state index >= 15 is 0 Å². The van der Waals surface area contributed by atoms with Crippen molar-refractivity contribution in [3.8, 4) is 5.82 Å². The average molecular weight is 580 g/mol. The first kappa shape index (κ1) is 28.0. The minimum absolute atomic E-state index is 0.106. The van der Waals surface area contributed by atoms with Gasteiger partial charge >= 0.3 is 0 Å². The molecule has 3 aliphatic rings. The second kappa shape index (κ2) is 9.59. The Morgan fingerprint density at radius 3 is 2.70 bits per heavy atom. The number of hydrogen-bond acceptors (Lipinski definition) is 7. The number of benzene rings is 1. The molecule has 0 radical (unpaired) electrons. The third-order valence-electron chi connectivity index (χ3n) is 10.4. The lowest BCUT2D eigenvalue weighted by Crippen LogP contribution is -2.53. The molecule has 0 saturated heterocycles. The Morgan fingerprint density at radius 1 is 1.12 bits per heavy atom. The van der Waals surface area contributed by atoms with Crippen molar-refractivity contribution in [2.45, 2.75) is 89.3 Å². The topological polar surface area (TPSA) is 101 Å². The number of allylic oxidation sites excluding steroid dienone is 1. The number of likely N-dealkylation sites (N-methyl/N-ethyl adjacent to an activating group) is 1. The van der Waals surface area contributed by atoms with E-state index in [1.54, 1.807) is 21.6 Å². The van der Waals surface area contributed by atoms with Crippen LogP contribution in [0.5, 0.6) is 0 Å². The summed E-state index contributed by atoms with van der Waals surface area (Å²) < 4.78 is 3.31. The van der Waals surface area contributed by atoms with Crippen molar-refractivity contribution in [1.82, 2.24) is 29.2 Å². The minimum Gasteiger partial charge on any atom is -0.384 e. The van der Waals surface area contributed by atoms with Gasteiger partial charge in [0.25, 0.3) is 5.56 Å². The molecular formula is C34H41N7O2. The maximum atomic E-state index is 13.5. The van der Waals surface area contributed by atoms with Crippen LogP contribution >= 0.6 is 0 Å². The highest BCUT2D eigenvalue weighted by Gasteiger charge is 2.45. The van der Waals surface area contributed by atoms with Crippen LogP contribution in [0.2, 0.25) is 0 Å². The fourth-order valence-electron chi connectivity index (χ4n) is 7.79. The Labute approximate surface area is 252 Å². The Balaban J connectivity index is 1.35. The van der Waals surface area contributed by atoms with Gasteiger partial charge in [-0.05, 0) is 99.9 Å². The zero-order chi connectivity index (χ0) is 30.3. The van der Waals surface area contributed by atoms with Gasteiger partial charge < -0.3 is 10.4 Å². The van der Waals surface area contributed by atoms with E-state index in [4.69, 9.17) is 9.97 Å². The van der Waals surface area contributed by atoms with Crippen molar-refractivity contribution >= 4 is 22.7 Å². The second-order valence-corrected chi connectivity index (χ2v) is 13.5. The number of aliphatic hydroxyl groups is 1. The highest BCUT2D eigenvalue weighted by Crippen LogP contribution is 2.50. The van der Waals surface area contributed by atoms with Crippen molar-refractivity contribution < 1.29 is 5.11 Å². The summed E-state index contributed by atoms with van der Waals surface area (Å²) in [5, 5.41) is 15.1. The van der Waals surface area contributed by atoms with Crippen molar-refractivity contribution in [2.75, 3.05) is 18.9 Å². The third kappa shape index (κ3) is 4.12. The Morgan fingerprint density at radius 2 is 1.93 bits per heavy atom. The predicted octanol–water partition coefficient (Wildman–Crippen LogP) is 5.23. The second-order valence-electron chi connectivity index (χ2n) is 13.5. The maximum absolute atomic E-state index is 13.5. The summed E-state index contributed by atoms with van der Waals surface area (Å²) in [4.78, 5) is 30.4. The van der Waals surface area contributed by atoms with Crippen LogP contribution in [-0.4, -0.2) is 47.9 Å². The fourth-order valence-corrected chi connectivity index (χ4v) is 7.79. The summed E-state index contributed by atoms with van der Waals surface area (Å²) in [6.45, 7) is 14.2. The van der Waals surface area contributed by atoms with Gasteiger partial charge in [-0.25, -0.2) is 19.3 Å². The molecule has 2 unspecified atom stereocenters. The van der Waals surface area contributed by atoms with Gasteiger partial charge in [0.1, 0.15) is 11.0 Å². The molecule has 2 N–H and O–H groups in total. The molecule has 0 bridgehead atoms. The maximum Gasteiger partial charge on any atom is 0.278 e. The van der Waals surface area contributed by atoms with Crippen molar-refractivity contribution in [2.24, 2.45) is 0 Å². The van der Waals surface area contributed by atoms with Gasteiger partial charge in [0.05, 0.1) is 12.2 Å². The van der Waals surface area contributed by atoms with Crippen LogP contribution in [0.25, 0.3) is 16.9 Å². The molecule has 1 aliphatic heterocycles. The highest BCUT2D eigenvalue weighted by molar-refractivity contribution is 5.77. The van der Waals surface area contributed by atoms with Crippen LogP contribution < -0.4 is 10.9 Å². The SMILES string of the molecule is C=CCn1c(=O)c2cnc(Nc3cc4c5c(c3)C(C)(C)N(C)CC5(C)CCC4)nc2n1-c1ccc2c(n1)C(O)(CC)CC2. The lowest BCUT2D eigenvalue weighted by molar-refractivity contribution is 0.0306. The number of rotatable bonds is 6. The van der Waals surface area contributed by atoms with Gasteiger partial charge in [0.15, 0.2) is 11.5 Å². The first-order valence-electron chi connectivity index (χ1n) is 15.5. The van der Waals surface area contributed by atoms with E-state index in [0.717, 1.165) is 30.6 Å². The van der Waals surface area contributed by atoms with Gasteiger partial charge in [-0.2, -0.15) is 4.98 Å². The first-order chi connectivity index (χ1) is 20.5. The van der Waals surface area contributed by atoms with Crippen LogP contribution in [0.1, 0.15) is 81.3 Å². The molecule has 0 fully saturated rings. The van der Waals surface area contributed by atoms with Crippen molar-refractivity contribution in [3.05, 3.63) is 81.4 Å². The standard InChI is InChI=1S/C34H41N7O2/c1-7-16-40-30(42)24-19-35-31(38-29(24)41(40)26-12-11-21-13-15-34(43,8-2)28(21)37-26)36-23-17-22-10-9-14-33(5)20-39(6)32(3,4)25(18-23)27(22)33/h7,11-12,17-19,43H,1,8-10,13-16,20H2,2-6H3,(H,35,36,38). The van der Waals surface area contributed by atoms with Crippen LogP contribution in [0, 0.1) is 0 Å². The number of fused-ring (bicyclic) bond motifs is 2. The normalized spacial score (nSPS) is 24.1. The Bertz CT molecular complexity index is 1850. The van der Waals surface area contributed by atoms with E-state index in [0.29, 0.717) is 41.3 Å². The molecule has 2 atom stereocenters. The molecule has 9 nitrogen and oxygen atoms in total. The van der Waals surface area contributed by atoms with E-state index in [2.05, 4.69) is 61.7 Å². The van der Waals surface area contributed by atoms with Crippen molar-refractivity contribution in [3.63, 3.8) is 0 Å². The molecule has 4 heterocycles. The molecule has 43 heavy (non-hydrogen) atoms. The number of pyridine rings is 1. The number of aryl methyl sites for hydroxylation is 2. The highest BCUT2D eigenvalue weighted by atomic mass is 16.3. The summed E-state index contributed by atoms with van der Waals surface area (Å²) in [6.07, 6.45) is 8.72. The molecular weight excluding hydrogens is 538 g/mol. The van der Waals surface area contributed by atoms with Crippen LogP contribution in [0.15, 0.2) is 47.9 Å². The van der Waals surface area contributed by atoms with Crippen molar-refractivity contribution in [1.29, 1.82) is 0 Å². The minimum atomic E-state index is -0.968. The smallest absolute Gasteiger partial charge is 0.278 e. The van der Waals surface area contributed by atoms with E-state index < -0.39 is 5.60 Å². The summed E-state index contributed by atoms with van der Waals surface area (Å²) in [7, 11) is 2.22. The van der Waals surface area contributed by atoms with E-state index in [1.807, 2.05) is 19.1 Å². The van der Waals surface area contributed by atoms with Gasteiger partial charge in [0, 0.05) is 29.4 Å². The number of anilines is 2. The van der Waals surface area contributed by atoms with E-state index in [9.17, 15) is 9.90 Å². The van der Waals surface area contributed by atoms with Crippen LogP contribution in [-0.2, 0) is 35.9 Å². The Kier molecular flexibility index (Phi) is 6.24. The quantitative estimate of drug-likeness (QED) is 0.302. The summed E-state index contributed by atoms with van der Waals surface area (Å²) in [5.74, 6) is 0.948. The molecule has 0 saturated carbocycles. The zero-order valence-corrected chi connectivity index (χ0v) is 25.9. The van der Waals surface area contributed by atoms with E-state index in [1.165, 1.54) is 29.5 Å². The van der Waals surface area contributed by atoms with Crippen LogP contribution in [0.3, 0.4) is 0 Å². The van der Waals surface area contributed by atoms with Gasteiger partial charge in [-0.1, -0.05) is 26.0 Å². The molecule has 224 valence electrons. The Hall–Kier alpha value is -3.82. The first-order valence-corrected chi connectivity index (χ1v) is 15.5. The molecule has 0 spiro atoms.